The minimum absolute atomic E-state index is 0.645. The van der Waals surface area contributed by atoms with Crippen molar-refractivity contribution in [2.75, 3.05) is 6.61 Å². The van der Waals surface area contributed by atoms with Gasteiger partial charge in [0, 0.05) is 0 Å². The molecule has 0 atom stereocenters. The Kier molecular flexibility index (Phi) is 9.26. The van der Waals surface area contributed by atoms with E-state index >= 15 is 0 Å². The van der Waals surface area contributed by atoms with E-state index in [1.54, 1.807) is 0 Å². The molecule has 5 nitrogen and oxygen atoms in total. The summed E-state index contributed by atoms with van der Waals surface area (Å²) in [6.07, 6.45) is -8.04. The molecule has 0 fully saturated rings. The second-order valence-electron chi connectivity index (χ2n) is 6.54. The summed E-state index contributed by atoms with van der Waals surface area (Å²) >= 11 is 0. The van der Waals surface area contributed by atoms with Gasteiger partial charge in [0.15, 0.2) is 0 Å². The molecule has 0 aromatic carbocycles. The molecule has 0 aromatic heterocycles. The average Bonchev–Trinajstić information content (AvgIpc) is 2.71. The molecule has 39 heavy (non-hydrogen) atoms. The Morgan fingerprint density at radius 3 is 1.23 bits per heavy atom. The van der Waals surface area contributed by atoms with Crippen molar-refractivity contribution in [2.45, 2.75) is 53.9 Å². The van der Waals surface area contributed by atoms with Gasteiger partial charge in [-0.25, -0.2) is 13.2 Å². The van der Waals surface area contributed by atoms with Crippen LogP contribution in [-0.2, 0) is 19.4 Å². The van der Waals surface area contributed by atoms with Crippen LogP contribution in [0.3, 0.4) is 0 Å². The van der Waals surface area contributed by atoms with Gasteiger partial charge in [-0.3, -0.25) is 0 Å². The Hall–Kier alpha value is -2.44. The normalized spacial score (nSPS) is 16.1. The second kappa shape index (κ2) is 9.88. The number of nitrogens with zero attached hydrogens (tertiary/aromatic N) is 1. The standard InChI is InChI=1S/C13H5F20NO4S/c1-2-38-5(35)3(34(32)33)4(14)39(36,37)13(30,31)11(25,26)9(21,22)7(17,18)6(15,16)8(19,20)10(23,24)12(27,28)29/h2H2,1H3. The number of rotatable bonds is 11. The van der Waals surface area contributed by atoms with E-state index < -0.39 is 85.6 Å². The molecule has 0 aromatic rings. The Bertz CT molecular complexity index is 1080. The van der Waals surface area contributed by atoms with Gasteiger partial charge in [-0.1, -0.05) is 8.96 Å². The SMILES string of the molecule is CCOC(=O)C(=C(F)S(=O)(=O)C(F)(F)C(F)(F)C(F)(F)C(F)(F)C(F)(F)C(F)(F)C(F)(F)C(F)(F)F)N(F)F. The van der Waals surface area contributed by atoms with E-state index in [2.05, 4.69) is 4.74 Å². The van der Waals surface area contributed by atoms with E-state index in [9.17, 15) is 101 Å². The van der Waals surface area contributed by atoms with Crippen molar-refractivity contribution in [3.63, 3.8) is 0 Å². The van der Waals surface area contributed by atoms with Gasteiger partial charge < -0.3 is 4.74 Å². The maximum absolute atomic E-state index is 13.8. The van der Waals surface area contributed by atoms with Gasteiger partial charge >= 0.3 is 52.9 Å². The van der Waals surface area contributed by atoms with Crippen molar-refractivity contribution in [3.8, 4) is 0 Å². The fourth-order valence-electron chi connectivity index (χ4n) is 1.97. The van der Waals surface area contributed by atoms with Gasteiger partial charge in [0.2, 0.25) is 5.70 Å². The third kappa shape index (κ3) is 4.88. The largest absolute Gasteiger partial charge is 0.461 e. The van der Waals surface area contributed by atoms with Crippen LogP contribution in [0.4, 0.5) is 88.0 Å². The molecule has 0 aliphatic heterocycles. The van der Waals surface area contributed by atoms with Crippen LogP contribution in [0.25, 0.3) is 0 Å². The van der Waals surface area contributed by atoms with Gasteiger partial charge in [0.1, 0.15) is 0 Å². The number of alkyl halides is 17. The molecule has 0 unspecified atom stereocenters. The summed E-state index contributed by atoms with van der Waals surface area (Å²) in [5.41, 5.74) is -3.66. The Balaban J connectivity index is 7.35. The molecule has 0 aliphatic rings. The molecule has 0 bridgehead atoms. The number of esters is 1. The second-order valence-corrected chi connectivity index (χ2v) is 8.42. The molecule has 0 aliphatic carbocycles. The number of hydrogen-bond donors (Lipinski definition) is 0. The number of hydrogen-bond acceptors (Lipinski definition) is 5. The molecule has 0 saturated heterocycles. The van der Waals surface area contributed by atoms with Crippen molar-refractivity contribution in [1.82, 2.24) is 5.34 Å². The third-order valence-electron chi connectivity index (χ3n) is 4.09. The summed E-state index contributed by atoms with van der Waals surface area (Å²) < 4.78 is 289. The van der Waals surface area contributed by atoms with Gasteiger partial charge in [-0.15, -0.1) is 0 Å². The van der Waals surface area contributed by atoms with E-state index in [-0.39, 0.29) is 0 Å². The Morgan fingerprint density at radius 1 is 0.641 bits per heavy atom. The zero-order chi connectivity index (χ0) is 32.2. The number of carbonyl (C=O) groups excluding carboxylic acids is 1. The predicted octanol–water partition coefficient (Wildman–Crippen LogP) is 6.14. The van der Waals surface area contributed by atoms with E-state index in [1.165, 1.54) is 0 Å². The lowest BCUT2D eigenvalue weighted by atomic mass is 9.91. The van der Waals surface area contributed by atoms with Crippen molar-refractivity contribution in [2.24, 2.45) is 0 Å². The van der Waals surface area contributed by atoms with Crippen molar-refractivity contribution >= 4 is 15.8 Å². The highest BCUT2D eigenvalue weighted by Gasteiger charge is 2.96. The van der Waals surface area contributed by atoms with Gasteiger partial charge in [0.25, 0.3) is 15.0 Å². The molecular weight excluding hydrogens is 646 g/mol. The van der Waals surface area contributed by atoms with Crippen LogP contribution in [-0.4, -0.2) is 73.3 Å². The molecular formula is C13H5F20NO4S. The molecule has 0 N–H and O–H groups in total. The van der Waals surface area contributed by atoms with E-state index in [0.717, 1.165) is 0 Å². The van der Waals surface area contributed by atoms with Crippen molar-refractivity contribution < 1.29 is 106 Å². The summed E-state index contributed by atoms with van der Waals surface area (Å²) in [6, 6.07) is 0. The molecule has 0 amide bonds. The fraction of sp³-hybridized carbons (Fsp3) is 0.769. The van der Waals surface area contributed by atoms with Crippen LogP contribution in [0.1, 0.15) is 6.92 Å². The van der Waals surface area contributed by atoms with Gasteiger partial charge in [-0.05, 0) is 12.3 Å². The van der Waals surface area contributed by atoms with Crippen LogP contribution >= 0.6 is 0 Å². The monoisotopic (exact) mass is 651 g/mol. The van der Waals surface area contributed by atoms with E-state index in [4.69, 9.17) is 0 Å². The lowest BCUT2D eigenvalue weighted by Crippen LogP contribution is -2.75. The van der Waals surface area contributed by atoms with Crippen LogP contribution < -0.4 is 0 Å². The first-order chi connectivity index (χ1) is 16.7. The first kappa shape index (κ1) is 36.6. The maximum atomic E-state index is 13.8. The minimum atomic E-state index is -9.21. The zero-order valence-electron chi connectivity index (χ0n) is 17.3. The van der Waals surface area contributed by atoms with Crippen LogP contribution in [0.2, 0.25) is 0 Å². The van der Waals surface area contributed by atoms with Crippen LogP contribution in [0.15, 0.2) is 10.9 Å². The Morgan fingerprint density at radius 2 is 0.949 bits per heavy atom. The lowest BCUT2D eigenvalue weighted by molar-refractivity contribution is -0.458. The molecule has 0 radical (unpaired) electrons. The highest BCUT2D eigenvalue weighted by Crippen LogP contribution is 2.64. The van der Waals surface area contributed by atoms with Crippen molar-refractivity contribution in [3.05, 3.63) is 10.9 Å². The lowest BCUT2D eigenvalue weighted by Gasteiger charge is -2.42. The van der Waals surface area contributed by atoms with E-state index in [0.29, 0.717) is 6.92 Å². The molecule has 0 saturated carbocycles. The highest BCUT2D eigenvalue weighted by atomic mass is 32.2. The fourth-order valence-corrected chi connectivity index (χ4v) is 3.07. The summed E-state index contributed by atoms with van der Waals surface area (Å²) in [6.45, 7) is -0.529. The molecule has 26 heteroatoms. The van der Waals surface area contributed by atoms with Crippen LogP contribution in [0.5, 0.6) is 0 Å². The molecule has 0 rings (SSSR count). The summed E-state index contributed by atoms with van der Waals surface area (Å²) in [7, 11) is -8.75. The van der Waals surface area contributed by atoms with Crippen molar-refractivity contribution in [1.29, 1.82) is 0 Å². The number of sulfone groups is 1. The Labute approximate surface area is 199 Å². The number of carbonyl (C=O) groups is 1. The predicted molar refractivity (Wildman–Crippen MR) is 78.4 cm³/mol. The van der Waals surface area contributed by atoms with E-state index in [1.807, 2.05) is 0 Å². The third-order valence-corrected chi connectivity index (χ3v) is 5.69. The summed E-state index contributed by atoms with van der Waals surface area (Å²) in [5, 5.41) is -16.2. The maximum Gasteiger partial charge on any atom is 0.460 e. The summed E-state index contributed by atoms with van der Waals surface area (Å²) in [5.74, 6) is -56.9. The van der Waals surface area contributed by atoms with Gasteiger partial charge in [0.05, 0.1) is 6.61 Å². The zero-order valence-corrected chi connectivity index (χ0v) is 18.1. The molecule has 0 spiro atoms. The highest BCUT2D eigenvalue weighted by molar-refractivity contribution is 7.96. The minimum Gasteiger partial charge on any atom is -0.461 e. The van der Waals surface area contributed by atoms with Gasteiger partial charge in [-0.2, -0.15) is 79.0 Å². The van der Waals surface area contributed by atoms with Crippen LogP contribution in [0, 0.1) is 0 Å². The average molecular weight is 651 g/mol. The topological polar surface area (TPSA) is 63.7 Å². The quantitative estimate of drug-likeness (QED) is 0.116. The first-order valence-corrected chi connectivity index (χ1v) is 9.84. The first-order valence-electron chi connectivity index (χ1n) is 8.36. The molecule has 0 heterocycles. The smallest absolute Gasteiger partial charge is 0.460 e. The summed E-state index contributed by atoms with van der Waals surface area (Å²) in [4.78, 5) is 11.1. The number of ether oxygens (including phenoxy) is 1. The number of halogens is 20. The molecule has 232 valence electrons.